The van der Waals surface area contributed by atoms with E-state index in [4.69, 9.17) is 17.3 Å². The molecule has 2 N–H and O–H groups in total. The van der Waals surface area contributed by atoms with Gasteiger partial charge in [0.05, 0.1) is 5.52 Å². The van der Waals surface area contributed by atoms with Crippen LogP contribution in [0.3, 0.4) is 0 Å². The fourth-order valence-electron chi connectivity index (χ4n) is 1.04. The summed E-state index contributed by atoms with van der Waals surface area (Å²) in [6, 6.07) is 5.36. The lowest BCUT2D eigenvalue weighted by Crippen LogP contribution is -1.87. The van der Waals surface area contributed by atoms with Gasteiger partial charge in [-0.05, 0) is 18.2 Å². The van der Waals surface area contributed by atoms with Gasteiger partial charge in [-0.25, -0.2) is 9.97 Å². The van der Waals surface area contributed by atoms with E-state index in [1.165, 1.54) is 6.33 Å². The van der Waals surface area contributed by atoms with E-state index in [-0.39, 0.29) is 12.4 Å². The molecule has 0 spiro atoms. The Balaban J connectivity index is 0.000000845. The van der Waals surface area contributed by atoms with Crippen LogP contribution in [0.15, 0.2) is 24.5 Å². The molecule has 1 heterocycles. The molecule has 1 aromatic carbocycles. The summed E-state index contributed by atoms with van der Waals surface area (Å²) in [5.74, 6) is 0. The minimum Gasteiger partial charge on any atom is -0.399 e. The van der Waals surface area contributed by atoms with Gasteiger partial charge in [0.2, 0.25) is 0 Å². The maximum atomic E-state index is 5.82. The normalized spacial score (nSPS) is 9.62. The Morgan fingerprint density at radius 2 is 2.00 bits per heavy atom. The lowest BCUT2D eigenvalue weighted by atomic mass is 10.2. The van der Waals surface area contributed by atoms with Gasteiger partial charge < -0.3 is 5.73 Å². The summed E-state index contributed by atoms with van der Waals surface area (Å²) in [5.41, 5.74) is 7.05. The molecular formula is C8H7Cl2N3. The van der Waals surface area contributed by atoms with Crippen LogP contribution in [0.4, 0.5) is 5.69 Å². The zero-order chi connectivity index (χ0) is 8.55. The number of hydrogen-bond acceptors (Lipinski definition) is 3. The summed E-state index contributed by atoms with van der Waals surface area (Å²) in [4.78, 5) is 7.88. The molecule has 2 rings (SSSR count). The second-order valence-electron chi connectivity index (χ2n) is 2.44. The van der Waals surface area contributed by atoms with Gasteiger partial charge >= 0.3 is 0 Å². The van der Waals surface area contributed by atoms with E-state index in [9.17, 15) is 0 Å². The van der Waals surface area contributed by atoms with Gasteiger partial charge in [-0.2, -0.15) is 0 Å². The number of aromatic nitrogens is 2. The number of nitrogen functional groups attached to an aromatic ring is 1. The molecule has 68 valence electrons. The molecule has 2 aromatic rings. The molecule has 0 saturated heterocycles. The van der Waals surface area contributed by atoms with E-state index >= 15 is 0 Å². The molecule has 0 unspecified atom stereocenters. The average molecular weight is 216 g/mol. The average Bonchev–Trinajstić information content (AvgIpc) is 2.07. The first-order valence-electron chi connectivity index (χ1n) is 3.43. The van der Waals surface area contributed by atoms with Gasteiger partial charge in [-0.3, -0.25) is 0 Å². The van der Waals surface area contributed by atoms with Crippen LogP contribution in [-0.4, -0.2) is 9.97 Å². The van der Waals surface area contributed by atoms with Crippen molar-refractivity contribution in [2.75, 3.05) is 5.73 Å². The van der Waals surface area contributed by atoms with Gasteiger partial charge in [0.25, 0.3) is 0 Å². The molecule has 0 aliphatic heterocycles. The van der Waals surface area contributed by atoms with Crippen LogP contribution in [-0.2, 0) is 0 Å². The largest absolute Gasteiger partial charge is 0.399 e. The smallest absolute Gasteiger partial charge is 0.140 e. The summed E-state index contributed by atoms with van der Waals surface area (Å²) >= 11 is 5.82. The highest BCUT2D eigenvalue weighted by molar-refractivity contribution is 6.34. The Morgan fingerprint density at radius 3 is 2.77 bits per heavy atom. The summed E-state index contributed by atoms with van der Waals surface area (Å²) in [5, 5.41) is 1.23. The van der Waals surface area contributed by atoms with Crippen LogP contribution < -0.4 is 5.73 Å². The first-order chi connectivity index (χ1) is 5.77. The third-order valence-corrected chi connectivity index (χ3v) is 1.91. The van der Waals surface area contributed by atoms with Crippen LogP contribution in [0.2, 0.25) is 5.15 Å². The molecule has 13 heavy (non-hydrogen) atoms. The number of hydrogen-bond donors (Lipinski definition) is 1. The molecule has 0 aliphatic rings. The third-order valence-electron chi connectivity index (χ3n) is 1.61. The summed E-state index contributed by atoms with van der Waals surface area (Å²) < 4.78 is 0. The summed E-state index contributed by atoms with van der Waals surface area (Å²) in [6.07, 6.45) is 1.43. The maximum Gasteiger partial charge on any atom is 0.140 e. The van der Waals surface area contributed by atoms with E-state index in [1.54, 1.807) is 12.1 Å². The molecule has 3 nitrogen and oxygen atoms in total. The van der Waals surface area contributed by atoms with Crippen molar-refractivity contribution in [1.29, 1.82) is 0 Å². The van der Waals surface area contributed by atoms with Gasteiger partial charge in [-0.15, -0.1) is 12.4 Å². The zero-order valence-electron chi connectivity index (χ0n) is 6.57. The van der Waals surface area contributed by atoms with Crippen molar-refractivity contribution >= 4 is 40.6 Å². The number of fused-ring (bicyclic) bond motifs is 1. The molecule has 0 aliphatic carbocycles. The number of halogens is 2. The summed E-state index contributed by atoms with van der Waals surface area (Å²) in [7, 11) is 0. The van der Waals surface area contributed by atoms with Crippen LogP contribution >= 0.6 is 24.0 Å². The lowest BCUT2D eigenvalue weighted by Gasteiger charge is -1.98. The molecule has 1 aromatic heterocycles. The number of anilines is 1. The van der Waals surface area contributed by atoms with Crippen molar-refractivity contribution in [3.8, 4) is 0 Å². The summed E-state index contributed by atoms with van der Waals surface area (Å²) in [6.45, 7) is 0. The second-order valence-corrected chi connectivity index (χ2v) is 2.80. The predicted molar refractivity (Wildman–Crippen MR) is 56.2 cm³/mol. The van der Waals surface area contributed by atoms with Crippen molar-refractivity contribution < 1.29 is 0 Å². The van der Waals surface area contributed by atoms with Crippen LogP contribution in [0.1, 0.15) is 0 Å². The van der Waals surface area contributed by atoms with Crippen molar-refractivity contribution in [3.63, 3.8) is 0 Å². The van der Waals surface area contributed by atoms with E-state index in [0.717, 1.165) is 10.9 Å². The van der Waals surface area contributed by atoms with Gasteiger partial charge in [0.1, 0.15) is 11.5 Å². The standard InChI is InChI=1S/C8H6ClN3.ClH/c9-8-6-3-5(10)1-2-7(6)11-4-12-8;/h1-4H,10H2;1H. The number of nitrogens with two attached hydrogens (primary N) is 1. The highest BCUT2D eigenvalue weighted by Gasteiger charge is 1.99. The van der Waals surface area contributed by atoms with E-state index in [2.05, 4.69) is 9.97 Å². The number of benzene rings is 1. The van der Waals surface area contributed by atoms with Gasteiger partial charge in [0, 0.05) is 11.1 Å². The SMILES string of the molecule is Cl.Nc1ccc2ncnc(Cl)c2c1. The minimum absolute atomic E-state index is 0. The fourth-order valence-corrected chi connectivity index (χ4v) is 1.24. The molecule has 0 saturated carbocycles. The Morgan fingerprint density at radius 1 is 1.23 bits per heavy atom. The molecule has 0 amide bonds. The Hall–Kier alpha value is -1.06. The van der Waals surface area contributed by atoms with Crippen molar-refractivity contribution in [2.24, 2.45) is 0 Å². The quantitative estimate of drug-likeness (QED) is 0.542. The topological polar surface area (TPSA) is 51.8 Å². The first-order valence-corrected chi connectivity index (χ1v) is 3.81. The van der Waals surface area contributed by atoms with Crippen LogP contribution in [0, 0.1) is 0 Å². The van der Waals surface area contributed by atoms with E-state index in [1.807, 2.05) is 6.07 Å². The van der Waals surface area contributed by atoms with Crippen molar-refractivity contribution in [3.05, 3.63) is 29.7 Å². The minimum atomic E-state index is 0. The predicted octanol–water partition coefficient (Wildman–Crippen LogP) is 2.29. The van der Waals surface area contributed by atoms with Crippen molar-refractivity contribution in [2.45, 2.75) is 0 Å². The van der Waals surface area contributed by atoms with E-state index in [0.29, 0.717) is 10.8 Å². The maximum absolute atomic E-state index is 5.82. The molecule has 0 fully saturated rings. The second kappa shape index (κ2) is 3.77. The van der Waals surface area contributed by atoms with Gasteiger partial charge in [0.15, 0.2) is 0 Å². The highest BCUT2D eigenvalue weighted by atomic mass is 35.5. The lowest BCUT2D eigenvalue weighted by molar-refractivity contribution is 1.22. The molecule has 0 atom stereocenters. The van der Waals surface area contributed by atoms with Crippen LogP contribution in [0.25, 0.3) is 10.9 Å². The van der Waals surface area contributed by atoms with E-state index < -0.39 is 0 Å². The van der Waals surface area contributed by atoms with Crippen molar-refractivity contribution in [1.82, 2.24) is 9.97 Å². The Kier molecular flexibility index (Phi) is 2.90. The first kappa shape index (κ1) is 10.0. The monoisotopic (exact) mass is 215 g/mol. The number of rotatable bonds is 0. The molecule has 0 bridgehead atoms. The Bertz CT molecular complexity index is 431. The fraction of sp³-hybridized carbons (Fsp3) is 0. The van der Waals surface area contributed by atoms with Gasteiger partial charge in [-0.1, -0.05) is 11.6 Å². The number of nitrogens with zero attached hydrogens (tertiary/aromatic N) is 2. The Labute approximate surface area is 86.3 Å². The highest BCUT2D eigenvalue weighted by Crippen LogP contribution is 2.20. The zero-order valence-corrected chi connectivity index (χ0v) is 8.14. The third kappa shape index (κ3) is 1.82. The molecular weight excluding hydrogens is 209 g/mol. The molecule has 0 radical (unpaired) electrons. The van der Waals surface area contributed by atoms with Crippen LogP contribution in [0.5, 0.6) is 0 Å². The molecule has 5 heteroatoms.